The van der Waals surface area contributed by atoms with Crippen LogP contribution < -0.4 is 9.47 Å². The number of azo groups is 2. The monoisotopic (exact) mass is 436 g/mol. The van der Waals surface area contributed by atoms with Crippen molar-refractivity contribution in [3.05, 3.63) is 66.5 Å². The molecule has 7 nitrogen and oxygen atoms in total. The van der Waals surface area contributed by atoms with E-state index in [2.05, 4.69) is 27.4 Å². The highest BCUT2D eigenvalue weighted by Crippen LogP contribution is 2.33. The van der Waals surface area contributed by atoms with Gasteiger partial charge < -0.3 is 14.6 Å². The van der Waals surface area contributed by atoms with Gasteiger partial charge in [0.1, 0.15) is 28.6 Å². The zero-order valence-corrected chi connectivity index (χ0v) is 18.0. The predicted molar refractivity (Wildman–Crippen MR) is 121 cm³/mol. The maximum Gasteiger partial charge on any atom is 0.154 e. The van der Waals surface area contributed by atoms with Gasteiger partial charge >= 0.3 is 0 Å². The van der Waals surface area contributed by atoms with Crippen molar-refractivity contribution >= 4 is 22.7 Å². The fourth-order valence-electron chi connectivity index (χ4n) is 2.65. The van der Waals surface area contributed by atoms with Gasteiger partial charge in [0.05, 0.1) is 24.6 Å². The lowest BCUT2D eigenvalue weighted by atomic mass is 10.2. The van der Waals surface area contributed by atoms with E-state index in [1.54, 1.807) is 24.3 Å². The summed E-state index contributed by atoms with van der Waals surface area (Å²) in [5.41, 5.74) is 1.32. The third-order valence-corrected chi connectivity index (χ3v) is 4.34. The Morgan fingerprint density at radius 2 is 1.41 bits per heavy atom. The van der Waals surface area contributed by atoms with E-state index >= 15 is 0 Å². The van der Waals surface area contributed by atoms with Crippen LogP contribution in [0.4, 0.5) is 27.1 Å². The summed E-state index contributed by atoms with van der Waals surface area (Å²) >= 11 is 0. The number of aromatic hydroxyl groups is 1. The summed E-state index contributed by atoms with van der Waals surface area (Å²) < 4.78 is 25.1. The van der Waals surface area contributed by atoms with Crippen molar-refractivity contribution in [1.82, 2.24) is 0 Å². The highest BCUT2D eigenvalue weighted by molar-refractivity contribution is 5.58. The SMILES string of the molecule is CCCCOc1ccc(N=Nc2ccc(N=Nc3ccc(OCC)cc3)cc2O)c(F)c1. The van der Waals surface area contributed by atoms with Crippen LogP contribution in [0, 0.1) is 5.82 Å². The van der Waals surface area contributed by atoms with E-state index in [9.17, 15) is 9.50 Å². The largest absolute Gasteiger partial charge is 0.506 e. The molecule has 0 radical (unpaired) electrons. The molecule has 0 spiro atoms. The van der Waals surface area contributed by atoms with Crippen LogP contribution in [0.25, 0.3) is 0 Å². The van der Waals surface area contributed by atoms with Crippen molar-refractivity contribution in [3.63, 3.8) is 0 Å². The number of nitrogens with zero attached hydrogens (tertiary/aromatic N) is 4. The third kappa shape index (κ3) is 6.60. The van der Waals surface area contributed by atoms with E-state index in [0.717, 1.165) is 18.6 Å². The first-order valence-corrected chi connectivity index (χ1v) is 10.4. The zero-order chi connectivity index (χ0) is 22.8. The van der Waals surface area contributed by atoms with Crippen molar-refractivity contribution in [2.24, 2.45) is 20.5 Å². The molecule has 3 aromatic rings. The van der Waals surface area contributed by atoms with E-state index in [1.807, 2.05) is 19.1 Å². The minimum absolute atomic E-state index is 0.0477. The minimum Gasteiger partial charge on any atom is -0.506 e. The summed E-state index contributed by atoms with van der Waals surface area (Å²) in [6, 6.07) is 16.1. The van der Waals surface area contributed by atoms with Crippen LogP contribution in [-0.2, 0) is 0 Å². The van der Waals surface area contributed by atoms with Crippen molar-refractivity contribution < 1.29 is 19.0 Å². The number of unbranched alkanes of at least 4 members (excludes halogenated alkanes) is 1. The first-order valence-electron chi connectivity index (χ1n) is 10.4. The van der Waals surface area contributed by atoms with Crippen LogP contribution in [0.15, 0.2) is 81.1 Å². The maximum atomic E-state index is 14.2. The lowest BCUT2D eigenvalue weighted by molar-refractivity contribution is 0.308. The van der Waals surface area contributed by atoms with Gasteiger partial charge in [0.25, 0.3) is 0 Å². The van der Waals surface area contributed by atoms with E-state index in [0.29, 0.717) is 30.3 Å². The fourth-order valence-corrected chi connectivity index (χ4v) is 2.65. The van der Waals surface area contributed by atoms with Gasteiger partial charge in [-0.15, -0.1) is 10.2 Å². The Morgan fingerprint density at radius 1 is 0.750 bits per heavy atom. The van der Waals surface area contributed by atoms with Gasteiger partial charge in [-0.25, -0.2) is 4.39 Å². The summed E-state index contributed by atoms with van der Waals surface area (Å²) in [7, 11) is 0. The number of hydrogen-bond donors (Lipinski definition) is 1. The molecule has 0 fully saturated rings. The molecule has 0 unspecified atom stereocenters. The van der Waals surface area contributed by atoms with Crippen LogP contribution >= 0.6 is 0 Å². The molecule has 32 heavy (non-hydrogen) atoms. The van der Waals surface area contributed by atoms with Crippen LogP contribution in [0.3, 0.4) is 0 Å². The van der Waals surface area contributed by atoms with Crippen molar-refractivity contribution in [3.8, 4) is 17.2 Å². The van der Waals surface area contributed by atoms with Crippen LogP contribution in [0.1, 0.15) is 26.7 Å². The number of phenols is 1. The van der Waals surface area contributed by atoms with E-state index < -0.39 is 5.82 Å². The van der Waals surface area contributed by atoms with Crippen molar-refractivity contribution in [1.29, 1.82) is 0 Å². The lowest BCUT2D eigenvalue weighted by Crippen LogP contribution is -1.96. The standard InChI is InChI=1S/C24H25FN4O3/c1-3-5-14-32-20-11-13-22(21(25)16-20)28-29-23-12-8-18(15-24(23)30)27-26-17-6-9-19(10-7-17)31-4-2/h6-13,15-16,30H,3-5,14H2,1-2H3. The molecule has 1 N–H and O–H groups in total. The van der Waals surface area contributed by atoms with E-state index in [4.69, 9.17) is 9.47 Å². The topological polar surface area (TPSA) is 88.1 Å². The molecule has 0 aliphatic rings. The molecule has 166 valence electrons. The summed E-state index contributed by atoms with van der Waals surface area (Å²) in [4.78, 5) is 0. The average molecular weight is 436 g/mol. The predicted octanol–water partition coefficient (Wildman–Crippen LogP) is 7.94. The molecule has 0 saturated heterocycles. The van der Waals surface area contributed by atoms with Crippen molar-refractivity contribution in [2.75, 3.05) is 13.2 Å². The first-order chi connectivity index (χ1) is 15.6. The summed E-state index contributed by atoms with van der Waals surface area (Å²) in [6.45, 7) is 5.10. The number of phenolic OH excluding ortho intramolecular Hbond substituents is 1. The number of rotatable bonds is 10. The zero-order valence-electron chi connectivity index (χ0n) is 18.0. The number of hydrogen-bond acceptors (Lipinski definition) is 7. The molecule has 0 aliphatic heterocycles. The summed E-state index contributed by atoms with van der Waals surface area (Å²) in [5.74, 6) is 0.508. The second kappa shape index (κ2) is 11.5. The normalized spacial score (nSPS) is 11.3. The quantitative estimate of drug-likeness (QED) is 0.258. The van der Waals surface area contributed by atoms with Crippen LogP contribution in [-0.4, -0.2) is 18.3 Å². The third-order valence-electron chi connectivity index (χ3n) is 4.34. The van der Waals surface area contributed by atoms with Crippen LogP contribution in [0.5, 0.6) is 17.2 Å². The molecule has 3 rings (SSSR count). The van der Waals surface area contributed by atoms with Crippen molar-refractivity contribution in [2.45, 2.75) is 26.7 Å². The Bertz CT molecular complexity index is 1090. The molecule has 3 aromatic carbocycles. The van der Waals surface area contributed by atoms with E-state index in [1.165, 1.54) is 24.3 Å². The molecule has 0 aliphatic carbocycles. The molecule has 8 heteroatoms. The smallest absolute Gasteiger partial charge is 0.154 e. The van der Waals surface area contributed by atoms with E-state index in [-0.39, 0.29) is 17.1 Å². The van der Waals surface area contributed by atoms with Gasteiger partial charge in [0, 0.05) is 12.1 Å². The van der Waals surface area contributed by atoms with Gasteiger partial charge in [0.15, 0.2) is 5.82 Å². The number of benzene rings is 3. The average Bonchev–Trinajstić information content (AvgIpc) is 2.79. The Balaban J connectivity index is 1.65. The Kier molecular flexibility index (Phi) is 8.25. The minimum atomic E-state index is -0.553. The summed E-state index contributed by atoms with van der Waals surface area (Å²) in [6.07, 6.45) is 1.90. The molecule has 0 atom stereocenters. The first kappa shape index (κ1) is 22.9. The van der Waals surface area contributed by atoms with Crippen LogP contribution in [0.2, 0.25) is 0 Å². The van der Waals surface area contributed by atoms with Gasteiger partial charge in [-0.05, 0) is 61.9 Å². The molecule has 0 aromatic heterocycles. The Morgan fingerprint density at radius 3 is 2.09 bits per heavy atom. The molecule has 0 heterocycles. The second-order valence-electron chi connectivity index (χ2n) is 6.82. The fraction of sp³-hybridized carbons (Fsp3) is 0.250. The van der Waals surface area contributed by atoms with Gasteiger partial charge in [-0.1, -0.05) is 13.3 Å². The Labute approximate surface area is 186 Å². The Hall–Kier alpha value is -3.81. The number of halogens is 1. The van der Waals surface area contributed by atoms with Gasteiger partial charge in [-0.2, -0.15) is 10.2 Å². The maximum absolute atomic E-state index is 14.2. The lowest BCUT2D eigenvalue weighted by Gasteiger charge is -2.05. The highest BCUT2D eigenvalue weighted by atomic mass is 19.1. The number of ether oxygens (including phenoxy) is 2. The molecule has 0 amide bonds. The molecule has 0 saturated carbocycles. The second-order valence-corrected chi connectivity index (χ2v) is 6.82. The highest BCUT2D eigenvalue weighted by Gasteiger charge is 2.06. The van der Waals surface area contributed by atoms with Gasteiger partial charge in [-0.3, -0.25) is 0 Å². The molecule has 0 bridgehead atoms. The molecular weight excluding hydrogens is 411 g/mol. The molecular formula is C24H25FN4O3. The van der Waals surface area contributed by atoms with Gasteiger partial charge in [0.2, 0.25) is 0 Å². The summed E-state index contributed by atoms with van der Waals surface area (Å²) in [5, 5.41) is 26.3.